The first kappa shape index (κ1) is 47.9. The zero-order valence-corrected chi connectivity index (χ0v) is 38.7. The molecule has 0 bridgehead atoms. The first-order valence-corrected chi connectivity index (χ1v) is 21.6. The molecule has 19 heteroatoms. The zero-order valence-electron chi connectivity index (χ0n) is 36.9. The summed E-state index contributed by atoms with van der Waals surface area (Å²) < 4.78 is 82.4. The number of benzene rings is 6. The van der Waals surface area contributed by atoms with E-state index in [1.165, 1.54) is 118 Å². The highest BCUT2D eigenvalue weighted by Gasteiger charge is 2.31. The lowest BCUT2D eigenvalue weighted by atomic mass is 10.0. The van der Waals surface area contributed by atoms with Crippen LogP contribution in [0.15, 0.2) is 109 Å². The maximum absolute atomic E-state index is 15.0. The molecule has 0 aromatic heterocycles. The molecule has 0 saturated heterocycles. The summed E-state index contributed by atoms with van der Waals surface area (Å²) in [6.07, 6.45) is 1.31. The highest BCUT2D eigenvalue weighted by Crippen LogP contribution is 2.51. The molecule has 0 aliphatic rings. The van der Waals surface area contributed by atoms with E-state index in [9.17, 15) is 9.59 Å². The SMILES string of the molecule is COc1ccc(OP(Oc2ccc(OC)cc2OC)Oc2cc(OC)ccc2C(=O)c2ccc(OC)cc2OP(Oc2ccc(C=O)cc2OC)Oc2ccc(C=O)cc2OC)c(OC)c1. The maximum Gasteiger partial charge on any atom is 0.530 e. The first-order chi connectivity index (χ1) is 32.1. The van der Waals surface area contributed by atoms with E-state index in [-0.39, 0.29) is 57.1 Å². The maximum atomic E-state index is 15.0. The number of methoxy groups -OCH3 is 8. The summed E-state index contributed by atoms with van der Waals surface area (Å²) in [6.45, 7) is 0. The van der Waals surface area contributed by atoms with Gasteiger partial charge in [0.05, 0.1) is 68.0 Å². The molecule has 0 amide bonds. The summed E-state index contributed by atoms with van der Waals surface area (Å²) in [5.41, 5.74) is 0.676. The normalized spacial score (nSPS) is 10.6. The Morgan fingerprint density at radius 2 is 0.606 bits per heavy atom. The summed E-state index contributed by atoms with van der Waals surface area (Å²) in [5, 5.41) is 0. The Bertz CT molecular complexity index is 2540. The largest absolute Gasteiger partial charge is 0.530 e. The molecular formula is C47H44O17P2. The molecule has 0 heterocycles. The molecule has 0 radical (unpaired) electrons. The van der Waals surface area contributed by atoms with Crippen molar-refractivity contribution >= 4 is 35.6 Å². The van der Waals surface area contributed by atoms with Gasteiger partial charge in [0.25, 0.3) is 0 Å². The second-order valence-corrected chi connectivity index (χ2v) is 15.1. The van der Waals surface area contributed by atoms with Gasteiger partial charge in [-0.15, -0.1) is 0 Å². The van der Waals surface area contributed by atoms with Crippen LogP contribution in [0.25, 0.3) is 0 Å². The lowest BCUT2D eigenvalue weighted by molar-refractivity contribution is 0.103. The summed E-state index contributed by atoms with van der Waals surface area (Å²) in [6, 6.07) is 27.9. The Hall–Kier alpha value is -7.61. The van der Waals surface area contributed by atoms with Gasteiger partial charge in [0.1, 0.15) is 47.1 Å². The van der Waals surface area contributed by atoms with Crippen molar-refractivity contribution in [2.75, 3.05) is 56.9 Å². The molecule has 0 aliphatic carbocycles. The molecule has 0 unspecified atom stereocenters. The van der Waals surface area contributed by atoms with Gasteiger partial charge < -0.3 is 65.0 Å². The van der Waals surface area contributed by atoms with E-state index in [2.05, 4.69) is 0 Å². The van der Waals surface area contributed by atoms with Crippen LogP contribution in [0, 0.1) is 0 Å². The third kappa shape index (κ3) is 11.5. The van der Waals surface area contributed by atoms with Crippen molar-refractivity contribution in [2.24, 2.45) is 0 Å². The van der Waals surface area contributed by atoms with E-state index in [0.717, 1.165) is 0 Å². The molecule has 0 fully saturated rings. The number of ether oxygens (including phenoxy) is 8. The van der Waals surface area contributed by atoms with Gasteiger partial charge in [0, 0.05) is 35.4 Å². The van der Waals surface area contributed by atoms with Crippen LogP contribution >= 0.6 is 17.2 Å². The van der Waals surface area contributed by atoms with Gasteiger partial charge in [-0.1, -0.05) is 0 Å². The third-order valence-electron chi connectivity index (χ3n) is 9.29. The van der Waals surface area contributed by atoms with Crippen LogP contribution in [-0.2, 0) is 0 Å². The second-order valence-electron chi connectivity index (χ2n) is 13.1. The number of ketones is 1. The molecule has 6 aromatic carbocycles. The average molecular weight is 943 g/mol. The highest BCUT2D eigenvalue weighted by molar-refractivity contribution is 7.43. The van der Waals surface area contributed by atoms with Crippen molar-refractivity contribution in [3.05, 3.63) is 131 Å². The molecule has 66 heavy (non-hydrogen) atoms. The number of aldehydes is 2. The van der Waals surface area contributed by atoms with Gasteiger partial charge in [-0.25, -0.2) is 0 Å². The summed E-state index contributed by atoms with van der Waals surface area (Å²) >= 11 is 0. The van der Waals surface area contributed by atoms with Gasteiger partial charge >= 0.3 is 17.2 Å². The highest BCUT2D eigenvalue weighted by atomic mass is 31.2. The van der Waals surface area contributed by atoms with Crippen molar-refractivity contribution in [3.8, 4) is 80.5 Å². The fourth-order valence-electron chi connectivity index (χ4n) is 5.89. The molecular weight excluding hydrogens is 898 g/mol. The first-order valence-electron chi connectivity index (χ1n) is 19.4. The van der Waals surface area contributed by atoms with Crippen LogP contribution < -0.4 is 65.0 Å². The Morgan fingerprint density at radius 1 is 0.333 bits per heavy atom. The van der Waals surface area contributed by atoms with Crippen LogP contribution in [-0.4, -0.2) is 75.2 Å². The Kier molecular flexibility index (Phi) is 16.6. The Balaban J connectivity index is 1.43. The molecule has 0 atom stereocenters. The minimum Gasteiger partial charge on any atom is -0.497 e. The number of rotatable bonds is 24. The Labute approximate surface area is 382 Å². The van der Waals surface area contributed by atoms with Crippen molar-refractivity contribution in [1.29, 1.82) is 0 Å². The van der Waals surface area contributed by atoms with Gasteiger partial charge in [0.2, 0.25) is 5.78 Å². The van der Waals surface area contributed by atoms with E-state index in [1.807, 2.05) is 0 Å². The number of carbonyl (C=O) groups excluding carboxylic acids is 3. The monoisotopic (exact) mass is 942 g/mol. The lowest BCUT2D eigenvalue weighted by Gasteiger charge is -2.23. The lowest BCUT2D eigenvalue weighted by Crippen LogP contribution is -2.11. The van der Waals surface area contributed by atoms with Gasteiger partial charge in [-0.2, -0.15) is 0 Å². The predicted molar refractivity (Wildman–Crippen MR) is 243 cm³/mol. The number of carbonyl (C=O) groups is 3. The fraction of sp³-hybridized carbons (Fsp3) is 0.170. The minimum atomic E-state index is -2.57. The van der Waals surface area contributed by atoms with Crippen molar-refractivity contribution in [1.82, 2.24) is 0 Å². The zero-order chi connectivity index (χ0) is 47.2. The predicted octanol–water partition coefficient (Wildman–Crippen LogP) is 10.1. The van der Waals surface area contributed by atoms with E-state index >= 15 is 4.79 Å². The standard InChI is InChI=1S/C47H44O17P2/c1-51-31-11-15-35(41(23-31)63-65(59-37-17-9-29(27-48)21-43(37)55-5)60-38-18-10-30(28-49)22-44(38)56-6)47(50)36-16-12-32(52-2)24-42(36)64-66(61-39-19-13-33(53-3)25-45(39)57-7)62-40-20-14-34(54-4)26-46(40)58-8/h9-28H,1-8H3. The molecule has 17 nitrogen and oxygen atoms in total. The average Bonchev–Trinajstić information content (AvgIpc) is 3.36. The second kappa shape index (κ2) is 22.8. The van der Waals surface area contributed by atoms with Crippen LogP contribution in [0.2, 0.25) is 0 Å². The molecule has 0 N–H and O–H groups in total. The van der Waals surface area contributed by atoms with Gasteiger partial charge in [-0.05, 0) is 84.9 Å². The molecule has 6 aromatic rings. The van der Waals surface area contributed by atoms with Crippen molar-refractivity contribution in [2.45, 2.75) is 0 Å². The van der Waals surface area contributed by atoms with Crippen LogP contribution in [0.3, 0.4) is 0 Å². The summed E-state index contributed by atoms with van der Waals surface area (Å²) in [5.74, 6) is 2.69. The minimum absolute atomic E-state index is 0.0110. The number of hydrogen-bond acceptors (Lipinski definition) is 17. The Morgan fingerprint density at radius 3 is 0.909 bits per heavy atom. The van der Waals surface area contributed by atoms with Crippen LogP contribution in [0.1, 0.15) is 36.6 Å². The van der Waals surface area contributed by atoms with E-state index in [4.69, 9.17) is 65.0 Å². The van der Waals surface area contributed by atoms with Crippen molar-refractivity contribution in [3.63, 3.8) is 0 Å². The topological polar surface area (TPSA) is 180 Å². The molecule has 0 aliphatic heterocycles. The number of hydrogen-bond donors (Lipinski definition) is 0. The van der Waals surface area contributed by atoms with Gasteiger partial charge in [0.15, 0.2) is 46.0 Å². The summed E-state index contributed by atoms with van der Waals surface area (Å²) in [4.78, 5) is 38.2. The van der Waals surface area contributed by atoms with E-state index in [0.29, 0.717) is 58.2 Å². The van der Waals surface area contributed by atoms with Crippen LogP contribution in [0.4, 0.5) is 0 Å². The van der Waals surface area contributed by atoms with Gasteiger partial charge in [-0.3, -0.25) is 14.4 Å². The molecule has 6 rings (SSSR count). The van der Waals surface area contributed by atoms with E-state index < -0.39 is 23.0 Å². The van der Waals surface area contributed by atoms with E-state index in [1.54, 1.807) is 48.5 Å². The molecule has 0 spiro atoms. The van der Waals surface area contributed by atoms with Crippen molar-refractivity contribution < 1.29 is 79.4 Å². The quantitative estimate of drug-likeness (QED) is 0.0317. The molecule has 344 valence electrons. The summed E-state index contributed by atoms with van der Waals surface area (Å²) in [7, 11) is 6.61. The smallest absolute Gasteiger partial charge is 0.497 e. The fourth-order valence-corrected chi connectivity index (χ4v) is 7.98. The third-order valence-corrected chi connectivity index (χ3v) is 11.4. The molecule has 0 saturated carbocycles. The van der Waals surface area contributed by atoms with Crippen LogP contribution in [0.5, 0.6) is 80.5 Å².